The number of likely N-dealkylation sites (tertiary alicyclic amines) is 1. The van der Waals surface area contributed by atoms with Gasteiger partial charge in [-0.15, -0.1) is 0 Å². The molecule has 2 fully saturated rings. The maximum atomic E-state index is 13.7. The molecule has 11 heteroatoms. The van der Waals surface area contributed by atoms with Crippen molar-refractivity contribution in [3.63, 3.8) is 0 Å². The van der Waals surface area contributed by atoms with Crippen LogP contribution in [-0.4, -0.2) is 72.6 Å². The van der Waals surface area contributed by atoms with Crippen molar-refractivity contribution < 1.29 is 4.79 Å². The van der Waals surface area contributed by atoms with Crippen LogP contribution in [0.25, 0.3) is 33.6 Å². The molecule has 0 bridgehead atoms. The largest absolute Gasteiger partial charge is 0.345 e. The second-order valence-electron chi connectivity index (χ2n) is 12.5. The third-order valence-corrected chi connectivity index (χ3v) is 9.16. The van der Waals surface area contributed by atoms with Crippen LogP contribution in [0.4, 0.5) is 5.95 Å². The molecule has 5 heterocycles. The fourth-order valence-electron chi connectivity index (χ4n) is 6.59. The first-order valence-electron chi connectivity index (χ1n) is 16.1. The maximum absolute atomic E-state index is 13.7. The number of imidazole rings is 2. The first-order chi connectivity index (χ1) is 22.4. The number of carbonyl (C=O) groups is 1. The van der Waals surface area contributed by atoms with E-state index in [4.69, 9.17) is 13.0 Å². The van der Waals surface area contributed by atoms with E-state index in [2.05, 4.69) is 78.8 Å². The molecule has 0 spiro atoms. The third kappa shape index (κ3) is 6.07. The van der Waals surface area contributed by atoms with Gasteiger partial charge in [0.05, 0.1) is 35.9 Å². The molecule has 2 saturated heterocycles. The summed E-state index contributed by atoms with van der Waals surface area (Å²) in [5, 5.41) is 3.25. The average molecular weight is 612 g/mol. The van der Waals surface area contributed by atoms with E-state index in [1.54, 1.807) is 18.5 Å². The zero-order valence-electron chi connectivity index (χ0n) is 26.2. The minimum Gasteiger partial charge on any atom is -0.345 e. The fraction of sp³-hybridized carbons (Fsp3) is 0.343. The molecule has 2 aliphatic heterocycles. The van der Waals surface area contributed by atoms with Crippen LogP contribution in [0.3, 0.4) is 0 Å². The topological polar surface area (TPSA) is 119 Å². The van der Waals surface area contributed by atoms with Crippen LogP contribution in [0.1, 0.15) is 63.3 Å². The van der Waals surface area contributed by atoms with Crippen molar-refractivity contribution in [1.29, 1.82) is 0 Å². The van der Waals surface area contributed by atoms with Gasteiger partial charge >= 0.3 is 0 Å². The minimum absolute atomic E-state index is 0.0438. The van der Waals surface area contributed by atoms with Crippen LogP contribution in [-0.2, 0) is 4.79 Å². The molecule has 2 radical (unpaired) electrons. The van der Waals surface area contributed by atoms with Crippen molar-refractivity contribution in [1.82, 2.24) is 39.6 Å². The van der Waals surface area contributed by atoms with Gasteiger partial charge in [-0.1, -0.05) is 62.4 Å². The van der Waals surface area contributed by atoms with E-state index in [1.165, 1.54) is 0 Å². The number of H-pyrrole nitrogens is 2. The Morgan fingerprint density at radius 1 is 0.783 bits per heavy atom. The Kier molecular flexibility index (Phi) is 8.40. The monoisotopic (exact) mass is 611 g/mol. The molecule has 0 aliphatic carbocycles. The third-order valence-electron chi connectivity index (χ3n) is 9.16. The van der Waals surface area contributed by atoms with E-state index in [0.29, 0.717) is 12.5 Å². The maximum Gasteiger partial charge on any atom is 0.246 e. The van der Waals surface area contributed by atoms with E-state index in [0.717, 1.165) is 77.5 Å². The van der Waals surface area contributed by atoms with E-state index < -0.39 is 6.04 Å². The Balaban J connectivity index is 1.02. The fourth-order valence-corrected chi connectivity index (χ4v) is 6.59. The number of amides is 1. The summed E-state index contributed by atoms with van der Waals surface area (Å²) < 4.78 is 0. The van der Waals surface area contributed by atoms with Crippen LogP contribution in [0, 0.1) is 5.92 Å². The van der Waals surface area contributed by atoms with Gasteiger partial charge in [-0.25, -0.2) is 19.9 Å². The number of nitrogens with one attached hydrogen (secondary N) is 3. The number of benzene rings is 2. The number of carbonyl (C=O) groups excluding carboxylic acids is 1. The van der Waals surface area contributed by atoms with Crippen LogP contribution in [0.15, 0.2) is 79.4 Å². The molecule has 232 valence electrons. The summed E-state index contributed by atoms with van der Waals surface area (Å²) in [5.41, 5.74) is 6.33. The Bertz CT molecular complexity index is 1770. The van der Waals surface area contributed by atoms with Gasteiger partial charge in [-0.2, -0.15) is 0 Å². The van der Waals surface area contributed by atoms with Gasteiger partial charge in [0.1, 0.15) is 17.7 Å². The Morgan fingerprint density at radius 3 is 1.85 bits per heavy atom. The van der Waals surface area contributed by atoms with Crippen LogP contribution < -0.4 is 5.32 Å². The number of rotatable bonds is 9. The van der Waals surface area contributed by atoms with Crippen molar-refractivity contribution in [2.75, 3.05) is 18.4 Å². The summed E-state index contributed by atoms with van der Waals surface area (Å²) in [5.74, 6) is 2.31. The minimum atomic E-state index is -0.426. The number of nitrogens with zero attached hydrogens (tertiary/aromatic N) is 6. The number of aromatic nitrogens is 6. The quantitative estimate of drug-likeness (QED) is 0.177. The van der Waals surface area contributed by atoms with E-state index >= 15 is 0 Å². The lowest BCUT2D eigenvalue weighted by Gasteiger charge is -2.30. The SMILES string of the molecule is [B]N1CCC[C@H]1c1ncc(-c2ccc(-c3ccc(-c4cnc([C@@H]5CCCN5C(=O)[C@@H](Nc5ncccn5)C(C)C)[nH]4)cc3)cc2)[nH]1. The summed E-state index contributed by atoms with van der Waals surface area (Å²) in [6, 6.07) is 18.4. The Labute approximate surface area is 270 Å². The predicted molar refractivity (Wildman–Crippen MR) is 179 cm³/mol. The molecular formula is C35H38BN9O. The van der Waals surface area contributed by atoms with E-state index in [-0.39, 0.29) is 23.9 Å². The lowest BCUT2D eigenvalue weighted by Crippen LogP contribution is -2.45. The summed E-state index contributed by atoms with van der Waals surface area (Å²) in [6.45, 7) is 5.67. The highest BCUT2D eigenvalue weighted by atomic mass is 16.2. The number of hydrogen-bond acceptors (Lipinski definition) is 7. The molecule has 3 N–H and O–H groups in total. The molecule has 3 aromatic heterocycles. The van der Waals surface area contributed by atoms with E-state index in [1.807, 2.05) is 36.0 Å². The highest BCUT2D eigenvalue weighted by Crippen LogP contribution is 2.34. The molecule has 5 aromatic rings. The summed E-state index contributed by atoms with van der Waals surface area (Å²) in [4.78, 5) is 42.4. The highest BCUT2D eigenvalue weighted by molar-refractivity contribution is 6.04. The van der Waals surface area contributed by atoms with Crippen LogP contribution in [0.2, 0.25) is 0 Å². The molecule has 2 aromatic carbocycles. The molecule has 0 saturated carbocycles. The number of aromatic amines is 2. The highest BCUT2D eigenvalue weighted by Gasteiger charge is 2.37. The Hall–Kier alpha value is -4.77. The second kappa shape index (κ2) is 12.9. The second-order valence-corrected chi connectivity index (χ2v) is 12.5. The van der Waals surface area contributed by atoms with Gasteiger partial charge < -0.3 is 25.0 Å². The molecule has 3 atom stereocenters. The molecule has 46 heavy (non-hydrogen) atoms. The molecular weight excluding hydrogens is 573 g/mol. The number of anilines is 1. The summed E-state index contributed by atoms with van der Waals surface area (Å²) >= 11 is 0. The molecule has 10 nitrogen and oxygen atoms in total. The lowest BCUT2D eigenvalue weighted by molar-refractivity contribution is -0.134. The normalized spacial score (nSPS) is 19.2. The predicted octanol–water partition coefficient (Wildman–Crippen LogP) is 5.94. The summed E-state index contributed by atoms with van der Waals surface area (Å²) in [6.07, 6.45) is 11.0. The zero-order chi connectivity index (χ0) is 31.6. The van der Waals surface area contributed by atoms with E-state index in [9.17, 15) is 4.79 Å². The van der Waals surface area contributed by atoms with Gasteiger partial charge in [0.2, 0.25) is 11.9 Å². The van der Waals surface area contributed by atoms with Crippen molar-refractivity contribution in [2.45, 2.75) is 57.7 Å². The summed E-state index contributed by atoms with van der Waals surface area (Å²) in [7, 11) is 6.13. The van der Waals surface area contributed by atoms with Crippen molar-refractivity contribution in [3.05, 3.63) is 91.0 Å². The van der Waals surface area contributed by atoms with Crippen LogP contribution >= 0.6 is 0 Å². The first kappa shape index (κ1) is 29.9. The van der Waals surface area contributed by atoms with Crippen molar-refractivity contribution in [3.8, 4) is 33.6 Å². The van der Waals surface area contributed by atoms with Crippen molar-refractivity contribution in [2.24, 2.45) is 5.92 Å². The van der Waals surface area contributed by atoms with Gasteiger partial charge in [0.15, 0.2) is 7.98 Å². The smallest absolute Gasteiger partial charge is 0.246 e. The van der Waals surface area contributed by atoms with Crippen molar-refractivity contribution >= 4 is 19.8 Å². The standard InChI is InChI=1S/C35H38BN9O/c1-22(2)31(43-35-37-16-5-17-38-35)34(46)44-18-3-6-29(44)32-39-20-27(41-32)25-12-8-23(9-13-25)24-10-14-26(15-11-24)28-21-40-33(42-28)30-7-4-19-45(30)36/h5,8-17,20-22,29-31H,3-4,6-7,18-19H2,1-2H3,(H,39,41)(H,40,42)(H,37,38,43)/t29-,30-,31-/m0/s1. The molecule has 1 amide bonds. The van der Waals surface area contributed by atoms with Gasteiger partial charge in [0.25, 0.3) is 0 Å². The molecule has 0 unspecified atom stereocenters. The Morgan fingerprint density at radius 2 is 1.30 bits per heavy atom. The van der Waals surface area contributed by atoms with Crippen LogP contribution in [0.5, 0.6) is 0 Å². The lowest BCUT2D eigenvalue weighted by atomic mass is 10.0. The first-order valence-corrected chi connectivity index (χ1v) is 16.1. The van der Waals surface area contributed by atoms with Gasteiger partial charge in [-0.3, -0.25) is 4.79 Å². The average Bonchev–Trinajstić information content (AvgIpc) is 3.91. The molecule has 2 aliphatic rings. The van der Waals surface area contributed by atoms with Gasteiger partial charge in [-0.05, 0) is 66.5 Å². The zero-order valence-corrected chi connectivity index (χ0v) is 26.2. The molecule has 7 rings (SSSR count). The number of hydrogen-bond donors (Lipinski definition) is 3. The van der Waals surface area contributed by atoms with Gasteiger partial charge in [0, 0.05) is 18.9 Å².